The van der Waals surface area contributed by atoms with Crippen molar-refractivity contribution >= 4 is 22.2 Å². The van der Waals surface area contributed by atoms with E-state index in [4.69, 9.17) is 4.79 Å². The van der Waals surface area contributed by atoms with Crippen molar-refractivity contribution in [2.24, 2.45) is 0 Å². The van der Waals surface area contributed by atoms with E-state index >= 15 is 0 Å². The molecule has 0 saturated carbocycles. The van der Waals surface area contributed by atoms with Gasteiger partial charge in [-0.3, -0.25) is 0 Å². The van der Waals surface area contributed by atoms with E-state index in [0.717, 1.165) is 0 Å². The molecule has 0 N–H and O–H groups in total. The van der Waals surface area contributed by atoms with Gasteiger partial charge in [0.25, 0.3) is 0 Å². The Hall–Kier alpha value is 0.669. The van der Waals surface area contributed by atoms with Crippen LogP contribution in [0.4, 0.5) is 0 Å². The quantitative estimate of drug-likeness (QED) is 0.372. The van der Waals surface area contributed by atoms with Crippen molar-refractivity contribution in [1.29, 1.82) is 0 Å². The zero-order chi connectivity index (χ0) is 2.71. The summed E-state index contributed by atoms with van der Waals surface area (Å²) in [6, 6.07) is 0. The molecular formula is CH2BrMnO. The fourth-order valence-electron chi connectivity index (χ4n) is 0. The molecular weight excluding hydrogens is 163 g/mol. The van der Waals surface area contributed by atoms with Crippen molar-refractivity contribution in [3.05, 3.63) is 0 Å². The molecule has 4 heavy (non-hydrogen) atoms. The normalized spacial score (nSPS) is 3.25. The van der Waals surface area contributed by atoms with Crippen LogP contribution in [0.15, 0.2) is 0 Å². The minimum atomic E-state index is 0. The molecule has 3 heteroatoms. The number of halogens is 1. The van der Waals surface area contributed by atoms with E-state index in [1.54, 1.807) is 0 Å². The van der Waals surface area contributed by atoms with Crippen LogP contribution < -0.4 is 0 Å². The van der Waals surface area contributed by atoms with Gasteiger partial charge in [-0.2, -0.15) is 0 Å². The summed E-state index contributed by atoms with van der Waals surface area (Å²) in [7, 11) is 0. The maximum atomic E-state index is 8.72. The van der Waals surface area contributed by atoms with Gasteiger partial charge in [-0.25, -0.2) is 0 Å². The Bertz CT molecular complexity index is 15.5. The Morgan fingerprint density at radius 3 is 1.75 bits per heavy atom. The van der Waals surface area contributed by atoms with Gasteiger partial charge >= 0.3 is 26.0 Å². The molecule has 0 spiro atoms. The van der Waals surface area contributed by atoms with Crippen LogP contribution in [0.3, 0.4) is 0 Å². The first-order valence-electron chi connectivity index (χ1n) is 0.454. The fourth-order valence-corrected chi connectivity index (χ4v) is 0. The van der Waals surface area contributed by atoms with Gasteiger partial charge in [0.1, 0.15) is 0 Å². The summed E-state index contributed by atoms with van der Waals surface area (Å²) in [4.78, 5) is 8.72. The Balaban J connectivity index is 0. The second-order valence-corrected chi connectivity index (χ2v) is 0.367. The van der Waals surface area contributed by atoms with Gasteiger partial charge in [-0.1, -0.05) is 0 Å². The molecule has 0 amide bonds. The second-order valence-electron chi connectivity index (χ2n) is 0.0891. The average molecular weight is 165 g/mol. The summed E-state index contributed by atoms with van der Waals surface area (Å²) in [6.07, 6.45) is 0. The zero-order valence-corrected chi connectivity index (χ0v) is 4.67. The fraction of sp³-hybridized carbons (Fsp3) is 0. The third kappa shape index (κ3) is 16.6. The van der Waals surface area contributed by atoms with Crippen LogP contribution >= 0.6 is 17.0 Å². The van der Waals surface area contributed by atoms with Crippen molar-refractivity contribution in [2.75, 3.05) is 0 Å². The van der Waals surface area contributed by atoms with Gasteiger partial charge < -0.3 is 0 Å². The Kier molecular flexibility index (Phi) is 20.7. The molecule has 0 fully saturated rings. The van der Waals surface area contributed by atoms with Crippen LogP contribution in [0.2, 0.25) is 0 Å². The SMILES string of the molecule is Br.O=[CH][Mn]. The van der Waals surface area contributed by atoms with Crippen LogP contribution in [-0.2, 0) is 20.8 Å². The first-order chi connectivity index (χ1) is 1.41. The van der Waals surface area contributed by atoms with E-state index in [1.807, 2.05) is 0 Å². The molecule has 0 aliphatic carbocycles. The molecule has 0 unspecified atom stereocenters. The molecule has 26 valence electrons. The third-order valence-corrected chi connectivity index (χ3v) is 0. The molecule has 1 nitrogen and oxygen atoms in total. The van der Waals surface area contributed by atoms with E-state index in [9.17, 15) is 0 Å². The minimum absolute atomic E-state index is 0. The van der Waals surface area contributed by atoms with Crippen molar-refractivity contribution in [3.63, 3.8) is 0 Å². The van der Waals surface area contributed by atoms with Crippen LogP contribution in [-0.4, -0.2) is 5.18 Å². The van der Waals surface area contributed by atoms with E-state index in [2.05, 4.69) is 16.0 Å². The number of hydrogen-bond donors (Lipinski definition) is 0. The second kappa shape index (κ2) is 9.38. The third-order valence-electron chi connectivity index (χ3n) is 0. The van der Waals surface area contributed by atoms with E-state index < -0.39 is 0 Å². The Labute approximate surface area is 43.3 Å². The summed E-state index contributed by atoms with van der Waals surface area (Å²) < 4.78 is 0. The maximum absolute atomic E-state index is 8.72. The summed E-state index contributed by atoms with van der Waals surface area (Å²) in [6.45, 7) is 0. The predicted molar refractivity (Wildman–Crippen MR) is 17.1 cm³/mol. The first kappa shape index (κ1) is 8.82. The first-order valence-corrected chi connectivity index (χ1v) is 1.14. The molecule has 0 aromatic rings. The van der Waals surface area contributed by atoms with Gasteiger partial charge in [0.2, 0.25) is 0 Å². The molecule has 0 aliphatic rings. The van der Waals surface area contributed by atoms with Crippen LogP contribution in [0, 0.1) is 0 Å². The van der Waals surface area contributed by atoms with Crippen LogP contribution in [0.1, 0.15) is 0 Å². The van der Waals surface area contributed by atoms with Crippen molar-refractivity contribution in [3.8, 4) is 0 Å². The van der Waals surface area contributed by atoms with Crippen LogP contribution in [0.25, 0.3) is 0 Å². The monoisotopic (exact) mass is 164 g/mol. The molecule has 0 heterocycles. The molecule has 0 rings (SSSR count). The summed E-state index contributed by atoms with van der Waals surface area (Å²) in [5.74, 6) is 0. The molecule has 0 saturated heterocycles. The predicted octanol–water partition coefficient (Wildman–Crippen LogP) is 0.301. The standard InChI is InChI=1S/CHO.BrH.Mn/c1-2;;/h1H;1H;. The Morgan fingerprint density at radius 2 is 1.75 bits per heavy atom. The average Bonchev–Trinajstić information content (AvgIpc) is 0.918. The number of carbonyl (C=O) groups excluding carboxylic acids is 1. The molecule has 0 aromatic carbocycles. The molecule has 0 aliphatic heterocycles. The summed E-state index contributed by atoms with van der Waals surface area (Å²) in [5.41, 5.74) is 0. The Morgan fingerprint density at radius 1 is 1.75 bits per heavy atom. The van der Waals surface area contributed by atoms with Crippen molar-refractivity contribution in [1.82, 2.24) is 0 Å². The van der Waals surface area contributed by atoms with Crippen molar-refractivity contribution in [2.45, 2.75) is 0 Å². The molecule has 0 atom stereocenters. The summed E-state index contributed by atoms with van der Waals surface area (Å²) in [5, 5.41) is 0.562. The van der Waals surface area contributed by atoms with E-state index in [0.29, 0.717) is 5.18 Å². The van der Waals surface area contributed by atoms with Gasteiger partial charge in [0, 0.05) is 0 Å². The number of carbonyl (C=O) groups is 1. The van der Waals surface area contributed by atoms with Crippen molar-refractivity contribution < 1.29 is 20.8 Å². The molecule has 0 bridgehead atoms. The molecule has 0 radical (unpaired) electrons. The molecule has 0 aromatic heterocycles. The van der Waals surface area contributed by atoms with Gasteiger partial charge in [0.05, 0.1) is 0 Å². The topological polar surface area (TPSA) is 17.1 Å². The number of hydrogen-bond acceptors (Lipinski definition) is 1. The van der Waals surface area contributed by atoms with Gasteiger partial charge in [-0.15, -0.1) is 17.0 Å². The van der Waals surface area contributed by atoms with Gasteiger partial charge in [0.15, 0.2) is 0 Å². The van der Waals surface area contributed by atoms with Gasteiger partial charge in [-0.05, 0) is 0 Å². The van der Waals surface area contributed by atoms with E-state index in [-0.39, 0.29) is 17.0 Å². The number of rotatable bonds is 0. The van der Waals surface area contributed by atoms with Crippen LogP contribution in [0.5, 0.6) is 0 Å². The zero-order valence-electron chi connectivity index (χ0n) is 1.77. The summed E-state index contributed by atoms with van der Waals surface area (Å²) >= 11 is 2.47. The van der Waals surface area contributed by atoms with E-state index in [1.165, 1.54) is 0 Å².